The molecule has 1 saturated carbocycles. The Bertz CT molecular complexity index is 411. The molecule has 0 spiro atoms. The van der Waals surface area contributed by atoms with Crippen molar-refractivity contribution < 1.29 is 0 Å². The van der Waals surface area contributed by atoms with E-state index in [-0.39, 0.29) is 0 Å². The normalized spacial score (nSPS) is 18.6. The number of thiazole rings is 1. The summed E-state index contributed by atoms with van der Waals surface area (Å²) in [5, 5.41) is 1.43. The summed E-state index contributed by atoms with van der Waals surface area (Å²) in [5.74, 6) is 0.695. The predicted molar refractivity (Wildman–Crippen MR) is 80.5 cm³/mol. The van der Waals surface area contributed by atoms with Crippen molar-refractivity contribution in [2.45, 2.75) is 32.1 Å². The SMILES string of the molecule is Clc1nc(Cl)c(C=C(CBr)C2CCCCC2)s1. The van der Waals surface area contributed by atoms with Crippen LogP contribution in [0, 0.1) is 5.92 Å². The molecule has 1 fully saturated rings. The molecule has 2 rings (SSSR count). The lowest BCUT2D eigenvalue weighted by molar-refractivity contribution is 0.406. The van der Waals surface area contributed by atoms with E-state index in [4.69, 9.17) is 23.2 Å². The molecule has 1 nitrogen and oxygen atoms in total. The molecule has 1 aliphatic carbocycles. The van der Waals surface area contributed by atoms with Gasteiger partial charge >= 0.3 is 0 Å². The maximum Gasteiger partial charge on any atom is 0.185 e. The summed E-state index contributed by atoms with van der Waals surface area (Å²) in [4.78, 5) is 5.02. The minimum atomic E-state index is 0.513. The first-order chi connectivity index (χ1) is 8.20. The first-order valence-electron chi connectivity index (χ1n) is 5.79. The molecule has 1 aromatic heterocycles. The van der Waals surface area contributed by atoms with E-state index in [2.05, 4.69) is 27.0 Å². The summed E-state index contributed by atoms with van der Waals surface area (Å²) < 4.78 is 0.513. The quantitative estimate of drug-likeness (QED) is 0.624. The van der Waals surface area contributed by atoms with Crippen molar-refractivity contribution in [3.8, 4) is 0 Å². The van der Waals surface area contributed by atoms with E-state index in [1.54, 1.807) is 0 Å². The van der Waals surface area contributed by atoms with Crippen LogP contribution in [0.4, 0.5) is 0 Å². The van der Waals surface area contributed by atoms with Gasteiger partial charge in [-0.1, -0.05) is 64.0 Å². The van der Waals surface area contributed by atoms with Crippen molar-refractivity contribution in [3.05, 3.63) is 20.1 Å². The summed E-state index contributed by atoms with van der Waals surface area (Å²) >= 11 is 16.9. The van der Waals surface area contributed by atoms with Crippen LogP contribution in [0.15, 0.2) is 5.57 Å². The lowest BCUT2D eigenvalue weighted by Crippen LogP contribution is -2.09. The predicted octanol–water partition coefficient (Wildman–Crippen LogP) is 5.81. The molecule has 0 saturated heterocycles. The minimum Gasteiger partial charge on any atom is -0.212 e. The zero-order valence-electron chi connectivity index (χ0n) is 9.39. The molecule has 1 aromatic rings. The number of hydrogen-bond donors (Lipinski definition) is 0. The molecule has 1 heterocycles. The van der Waals surface area contributed by atoms with Crippen LogP contribution in [0.5, 0.6) is 0 Å². The molecule has 0 bridgehead atoms. The van der Waals surface area contributed by atoms with E-state index >= 15 is 0 Å². The first kappa shape index (κ1) is 13.9. The molecule has 0 aliphatic heterocycles. The molecular weight excluding hydrogens is 341 g/mol. The Morgan fingerprint density at radius 1 is 1.35 bits per heavy atom. The van der Waals surface area contributed by atoms with Crippen molar-refractivity contribution in [1.29, 1.82) is 0 Å². The number of halogens is 3. The largest absolute Gasteiger partial charge is 0.212 e. The van der Waals surface area contributed by atoms with Gasteiger partial charge in [0.1, 0.15) is 5.15 Å². The molecule has 0 atom stereocenters. The van der Waals surface area contributed by atoms with Gasteiger partial charge in [0.25, 0.3) is 0 Å². The third-order valence-electron chi connectivity index (χ3n) is 3.18. The second-order valence-electron chi connectivity index (χ2n) is 4.31. The Balaban J connectivity index is 2.19. The Kier molecular flexibility index (Phi) is 5.34. The van der Waals surface area contributed by atoms with Crippen molar-refractivity contribution in [3.63, 3.8) is 0 Å². The molecule has 17 heavy (non-hydrogen) atoms. The summed E-state index contributed by atoms with van der Waals surface area (Å²) in [6.07, 6.45) is 8.80. The highest BCUT2D eigenvalue weighted by Gasteiger charge is 2.18. The van der Waals surface area contributed by atoms with Gasteiger partial charge in [0.15, 0.2) is 4.47 Å². The minimum absolute atomic E-state index is 0.513. The fraction of sp³-hybridized carbons (Fsp3) is 0.583. The number of rotatable bonds is 3. The van der Waals surface area contributed by atoms with E-state index in [1.165, 1.54) is 49.0 Å². The van der Waals surface area contributed by atoms with Crippen LogP contribution in [0.3, 0.4) is 0 Å². The van der Waals surface area contributed by atoms with E-state index in [0.29, 0.717) is 15.5 Å². The zero-order valence-corrected chi connectivity index (χ0v) is 13.3. The fourth-order valence-electron chi connectivity index (χ4n) is 2.28. The number of nitrogens with zero attached hydrogens (tertiary/aromatic N) is 1. The van der Waals surface area contributed by atoms with Crippen molar-refractivity contribution in [2.24, 2.45) is 5.92 Å². The van der Waals surface area contributed by atoms with Crippen molar-refractivity contribution in [2.75, 3.05) is 5.33 Å². The van der Waals surface area contributed by atoms with Crippen LogP contribution in [-0.4, -0.2) is 10.3 Å². The fourth-order valence-corrected chi connectivity index (χ4v) is 4.24. The molecule has 0 amide bonds. The van der Waals surface area contributed by atoms with Gasteiger partial charge in [-0.2, -0.15) is 0 Å². The van der Waals surface area contributed by atoms with E-state index in [1.807, 2.05) is 0 Å². The van der Waals surface area contributed by atoms with Gasteiger partial charge in [0.2, 0.25) is 0 Å². The van der Waals surface area contributed by atoms with Gasteiger partial charge in [-0.05, 0) is 24.8 Å². The Labute approximate surface area is 124 Å². The summed E-state index contributed by atoms with van der Waals surface area (Å²) in [6, 6.07) is 0. The average Bonchev–Trinajstić information content (AvgIpc) is 2.66. The van der Waals surface area contributed by atoms with E-state index < -0.39 is 0 Å². The van der Waals surface area contributed by atoms with Crippen LogP contribution in [0.2, 0.25) is 9.62 Å². The van der Waals surface area contributed by atoms with Crippen LogP contribution in [-0.2, 0) is 0 Å². The molecule has 5 heteroatoms. The van der Waals surface area contributed by atoms with Crippen molar-refractivity contribution in [1.82, 2.24) is 4.98 Å². The lowest BCUT2D eigenvalue weighted by atomic mass is 9.84. The van der Waals surface area contributed by atoms with Gasteiger partial charge in [0, 0.05) is 5.33 Å². The van der Waals surface area contributed by atoms with E-state index in [0.717, 1.165) is 10.2 Å². The number of alkyl halides is 1. The Morgan fingerprint density at radius 2 is 2.06 bits per heavy atom. The zero-order chi connectivity index (χ0) is 12.3. The highest BCUT2D eigenvalue weighted by atomic mass is 79.9. The molecule has 0 unspecified atom stereocenters. The van der Waals surface area contributed by atoms with Crippen LogP contribution < -0.4 is 0 Å². The number of hydrogen-bond acceptors (Lipinski definition) is 2. The second-order valence-corrected chi connectivity index (χ2v) is 6.84. The van der Waals surface area contributed by atoms with Crippen LogP contribution in [0.25, 0.3) is 6.08 Å². The molecule has 0 N–H and O–H groups in total. The topological polar surface area (TPSA) is 12.9 Å². The molecular formula is C12H14BrCl2NS. The monoisotopic (exact) mass is 353 g/mol. The third kappa shape index (κ3) is 3.69. The molecule has 1 aliphatic rings. The highest BCUT2D eigenvalue weighted by Crippen LogP contribution is 2.35. The van der Waals surface area contributed by atoms with Gasteiger partial charge in [-0.3, -0.25) is 0 Å². The third-order valence-corrected chi connectivity index (χ3v) is 5.34. The number of allylic oxidation sites excluding steroid dienone is 1. The lowest BCUT2D eigenvalue weighted by Gasteiger charge is -2.23. The van der Waals surface area contributed by atoms with Crippen LogP contribution >= 0.6 is 50.5 Å². The van der Waals surface area contributed by atoms with Crippen LogP contribution in [0.1, 0.15) is 37.0 Å². The summed E-state index contributed by atoms with van der Waals surface area (Å²) in [5.41, 5.74) is 1.42. The number of aromatic nitrogens is 1. The Morgan fingerprint density at radius 3 is 2.59 bits per heavy atom. The Hall–Kier alpha value is 0.430. The maximum absolute atomic E-state index is 6.04. The highest BCUT2D eigenvalue weighted by molar-refractivity contribution is 9.09. The molecule has 0 aromatic carbocycles. The standard InChI is InChI=1S/C12H14BrCl2NS/c13-7-9(8-4-2-1-3-5-8)6-10-11(14)16-12(15)17-10/h6,8H,1-5,7H2. The van der Waals surface area contributed by atoms with E-state index in [9.17, 15) is 0 Å². The average molecular weight is 355 g/mol. The summed E-state index contributed by atoms with van der Waals surface area (Å²) in [6.45, 7) is 0. The smallest absolute Gasteiger partial charge is 0.185 e. The second kappa shape index (κ2) is 6.55. The van der Waals surface area contributed by atoms with Gasteiger partial charge < -0.3 is 0 Å². The van der Waals surface area contributed by atoms with Gasteiger partial charge in [0.05, 0.1) is 4.88 Å². The van der Waals surface area contributed by atoms with Crippen molar-refractivity contribution >= 4 is 56.5 Å². The van der Waals surface area contributed by atoms with Gasteiger partial charge in [-0.25, -0.2) is 4.98 Å². The van der Waals surface area contributed by atoms with Gasteiger partial charge in [-0.15, -0.1) is 11.3 Å². The molecule has 94 valence electrons. The maximum atomic E-state index is 6.04. The molecule has 0 radical (unpaired) electrons. The first-order valence-corrected chi connectivity index (χ1v) is 8.48. The summed E-state index contributed by atoms with van der Waals surface area (Å²) in [7, 11) is 0.